The predicted molar refractivity (Wildman–Crippen MR) is 70.4 cm³/mol. The van der Waals surface area contributed by atoms with Gasteiger partial charge in [-0.15, -0.1) is 0 Å². The lowest BCUT2D eigenvalue weighted by molar-refractivity contribution is -0.146. The summed E-state index contributed by atoms with van der Waals surface area (Å²) in [5, 5.41) is 21.2. The first-order chi connectivity index (χ1) is 9.57. The topological polar surface area (TPSA) is 99.1 Å². The molecule has 114 valence electrons. The Hall–Kier alpha value is -1.34. The maximum Gasteiger partial charge on any atom is 0.329 e. The van der Waals surface area contributed by atoms with E-state index in [0.29, 0.717) is 26.0 Å². The van der Waals surface area contributed by atoms with Gasteiger partial charge in [-0.25, -0.2) is 9.59 Å². The minimum Gasteiger partial charge on any atom is -0.480 e. The monoisotopic (exact) mass is 286 g/mol. The Morgan fingerprint density at radius 2 is 2.00 bits per heavy atom. The molecule has 2 aliphatic rings. The molecule has 0 aromatic rings. The maximum absolute atomic E-state index is 12.3. The van der Waals surface area contributed by atoms with Crippen LogP contribution in [0.15, 0.2) is 0 Å². The number of aliphatic hydroxyl groups excluding tert-OH is 1. The molecule has 0 aromatic heterocycles. The molecule has 1 aliphatic heterocycles. The van der Waals surface area contributed by atoms with Crippen LogP contribution in [0.2, 0.25) is 0 Å². The average molecular weight is 286 g/mol. The molecular weight excluding hydrogens is 264 g/mol. The smallest absolute Gasteiger partial charge is 0.329 e. The van der Waals surface area contributed by atoms with E-state index in [1.165, 1.54) is 4.90 Å². The van der Waals surface area contributed by atoms with Gasteiger partial charge in [0.15, 0.2) is 0 Å². The average Bonchev–Trinajstić information content (AvgIpc) is 2.48. The zero-order valence-corrected chi connectivity index (χ0v) is 11.5. The Labute approximate surface area is 117 Å². The second-order valence-electron chi connectivity index (χ2n) is 5.50. The third-order valence-electron chi connectivity index (χ3n) is 4.09. The number of aliphatic carboxylic acids is 1. The number of hydrogen-bond acceptors (Lipinski definition) is 4. The van der Waals surface area contributed by atoms with Gasteiger partial charge in [0.2, 0.25) is 0 Å². The fraction of sp³-hybridized carbons (Fsp3) is 0.846. The van der Waals surface area contributed by atoms with Crippen molar-refractivity contribution in [3.8, 4) is 0 Å². The van der Waals surface area contributed by atoms with Crippen molar-refractivity contribution in [2.24, 2.45) is 0 Å². The number of urea groups is 1. The van der Waals surface area contributed by atoms with E-state index >= 15 is 0 Å². The molecule has 0 aromatic carbocycles. The lowest BCUT2D eigenvalue weighted by Gasteiger charge is -2.38. The van der Waals surface area contributed by atoms with Gasteiger partial charge in [-0.2, -0.15) is 0 Å². The SMILES string of the molecule is O=C(NC1(C(=O)O)CCCCC1)N1CCOC(CO)C1. The molecule has 1 atom stereocenters. The molecule has 1 aliphatic carbocycles. The molecule has 1 heterocycles. The Kier molecular flexibility index (Phi) is 4.82. The standard InChI is InChI=1S/C13H22N2O5/c16-9-10-8-15(6-7-20-10)12(19)14-13(11(17)18)4-2-1-3-5-13/h10,16H,1-9H2,(H,14,19)(H,17,18). The van der Waals surface area contributed by atoms with Crippen molar-refractivity contribution < 1.29 is 24.5 Å². The van der Waals surface area contributed by atoms with Crippen molar-refractivity contribution in [1.29, 1.82) is 0 Å². The van der Waals surface area contributed by atoms with Crippen LogP contribution in [0.4, 0.5) is 4.79 Å². The van der Waals surface area contributed by atoms with E-state index in [1.807, 2.05) is 0 Å². The molecule has 0 radical (unpaired) electrons. The summed E-state index contributed by atoms with van der Waals surface area (Å²) in [5.74, 6) is -0.961. The van der Waals surface area contributed by atoms with Gasteiger partial charge >= 0.3 is 12.0 Å². The second-order valence-corrected chi connectivity index (χ2v) is 5.50. The molecule has 2 amide bonds. The molecule has 0 bridgehead atoms. The van der Waals surface area contributed by atoms with Crippen LogP contribution in [0, 0.1) is 0 Å². The third kappa shape index (κ3) is 3.21. The van der Waals surface area contributed by atoms with Crippen LogP contribution < -0.4 is 5.32 Å². The summed E-state index contributed by atoms with van der Waals surface area (Å²) in [5.41, 5.74) is -1.14. The lowest BCUT2D eigenvalue weighted by Crippen LogP contribution is -2.60. The number of carboxylic acid groups (broad SMARTS) is 1. The maximum atomic E-state index is 12.3. The summed E-state index contributed by atoms with van der Waals surface area (Å²) in [6, 6.07) is -0.379. The number of nitrogens with one attached hydrogen (secondary N) is 1. The minimum atomic E-state index is -1.14. The van der Waals surface area contributed by atoms with Crippen LogP contribution in [0.25, 0.3) is 0 Å². The highest BCUT2D eigenvalue weighted by Crippen LogP contribution is 2.28. The number of nitrogens with zero attached hydrogens (tertiary/aromatic N) is 1. The predicted octanol–water partition coefficient (Wildman–Crippen LogP) is 0.177. The van der Waals surface area contributed by atoms with Crippen LogP contribution in [-0.4, -0.2) is 65.1 Å². The molecule has 2 fully saturated rings. The highest BCUT2D eigenvalue weighted by Gasteiger charge is 2.42. The van der Waals surface area contributed by atoms with Gasteiger partial charge in [0.1, 0.15) is 5.54 Å². The van der Waals surface area contributed by atoms with Gasteiger partial charge in [0, 0.05) is 6.54 Å². The van der Waals surface area contributed by atoms with Crippen LogP contribution in [0.5, 0.6) is 0 Å². The van der Waals surface area contributed by atoms with Gasteiger partial charge in [0.05, 0.1) is 25.9 Å². The van der Waals surface area contributed by atoms with E-state index in [4.69, 9.17) is 9.84 Å². The van der Waals surface area contributed by atoms with Crippen molar-refractivity contribution in [3.63, 3.8) is 0 Å². The lowest BCUT2D eigenvalue weighted by atomic mass is 9.82. The molecule has 0 spiro atoms. The number of hydrogen-bond donors (Lipinski definition) is 3. The molecule has 3 N–H and O–H groups in total. The van der Waals surface area contributed by atoms with Crippen molar-refractivity contribution in [2.45, 2.75) is 43.7 Å². The van der Waals surface area contributed by atoms with E-state index in [2.05, 4.69) is 5.32 Å². The third-order valence-corrected chi connectivity index (χ3v) is 4.09. The summed E-state index contributed by atoms with van der Waals surface area (Å²) in [7, 11) is 0. The highest BCUT2D eigenvalue weighted by atomic mass is 16.5. The number of ether oxygens (including phenoxy) is 1. The summed E-state index contributed by atoms with van der Waals surface area (Å²) >= 11 is 0. The van der Waals surface area contributed by atoms with Crippen molar-refractivity contribution in [3.05, 3.63) is 0 Å². The quantitative estimate of drug-likeness (QED) is 0.687. The minimum absolute atomic E-state index is 0.145. The van der Waals surface area contributed by atoms with Gasteiger partial charge < -0.3 is 25.2 Å². The molecule has 20 heavy (non-hydrogen) atoms. The van der Waals surface area contributed by atoms with E-state index < -0.39 is 11.5 Å². The number of amides is 2. The fourth-order valence-corrected chi connectivity index (χ4v) is 2.85. The molecule has 1 saturated heterocycles. The van der Waals surface area contributed by atoms with E-state index in [-0.39, 0.29) is 25.3 Å². The first-order valence-corrected chi connectivity index (χ1v) is 7.10. The highest BCUT2D eigenvalue weighted by molar-refractivity contribution is 5.86. The molecule has 7 heteroatoms. The van der Waals surface area contributed by atoms with Crippen LogP contribution in [-0.2, 0) is 9.53 Å². The molecule has 7 nitrogen and oxygen atoms in total. The van der Waals surface area contributed by atoms with E-state index in [1.54, 1.807) is 0 Å². The number of carbonyl (C=O) groups is 2. The summed E-state index contributed by atoms with van der Waals surface area (Å²) in [6.45, 7) is 0.919. The summed E-state index contributed by atoms with van der Waals surface area (Å²) < 4.78 is 5.28. The molecule has 1 saturated carbocycles. The van der Waals surface area contributed by atoms with Gasteiger partial charge in [-0.1, -0.05) is 19.3 Å². The largest absolute Gasteiger partial charge is 0.480 e. The first-order valence-electron chi connectivity index (χ1n) is 7.10. The van der Waals surface area contributed by atoms with Crippen LogP contribution >= 0.6 is 0 Å². The zero-order chi connectivity index (χ0) is 14.6. The van der Waals surface area contributed by atoms with Crippen molar-refractivity contribution in [2.75, 3.05) is 26.3 Å². The molecule has 1 unspecified atom stereocenters. The molecular formula is C13H22N2O5. The van der Waals surface area contributed by atoms with Crippen LogP contribution in [0.3, 0.4) is 0 Å². The Bertz CT molecular complexity index is 368. The first kappa shape index (κ1) is 15.1. The Morgan fingerprint density at radius 1 is 1.30 bits per heavy atom. The van der Waals surface area contributed by atoms with Gasteiger partial charge in [0.25, 0.3) is 0 Å². The summed E-state index contributed by atoms with van der Waals surface area (Å²) in [6.07, 6.45) is 3.20. The number of carboxylic acids is 1. The Morgan fingerprint density at radius 3 is 2.60 bits per heavy atom. The number of carbonyl (C=O) groups excluding carboxylic acids is 1. The molecule has 2 rings (SSSR count). The van der Waals surface area contributed by atoms with Gasteiger partial charge in [-0.05, 0) is 12.8 Å². The fourth-order valence-electron chi connectivity index (χ4n) is 2.85. The number of aliphatic hydroxyl groups is 1. The second kappa shape index (κ2) is 6.41. The zero-order valence-electron chi connectivity index (χ0n) is 11.5. The van der Waals surface area contributed by atoms with Crippen molar-refractivity contribution in [1.82, 2.24) is 10.2 Å². The van der Waals surface area contributed by atoms with Gasteiger partial charge in [-0.3, -0.25) is 0 Å². The summed E-state index contributed by atoms with van der Waals surface area (Å²) in [4.78, 5) is 25.3. The van der Waals surface area contributed by atoms with E-state index in [9.17, 15) is 14.7 Å². The van der Waals surface area contributed by atoms with E-state index in [0.717, 1.165) is 19.3 Å². The Balaban J connectivity index is 1.99. The number of rotatable bonds is 3. The van der Waals surface area contributed by atoms with Crippen molar-refractivity contribution >= 4 is 12.0 Å². The normalized spacial score (nSPS) is 26.1. The number of morpholine rings is 1. The van der Waals surface area contributed by atoms with Crippen LogP contribution in [0.1, 0.15) is 32.1 Å².